The van der Waals surface area contributed by atoms with Gasteiger partial charge in [0.05, 0.1) is 11.5 Å². The van der Waals surface area contributed by atoms with Crippen molar-refractivity contribution >= 4 is 0 Å². The molecule has 0 heterocycles. The van der Waals surface area contributed by atoms with Gasteiger partial charge in [0.1, 0.15) is 0 Å². The average Bonchev–Trinajstić information content (AvgIpc) is 2.15. The molecular weight excluding hydrogens is 110 g/mol. The van der Waals surface area contributed by atoms with Gasteiger partial charge < -0.3 is 0 Å². The number of nitriles is 1. The second kappa shape index (κ2) is 2.02. The summed E-state index contributed by atoms with van der Waals surface area (Å²) in [5.41, 5.74) is 0. The lowest BCUT2D eigenvalue weighted by Gasteiger charge is -2.18. The molecule has 0 aromatic heterocycles. The van der Waals surface area contributed by atoms with Crippen molar-refractivity contribution in [1.29, 1.82) is 5.26 Å². The molecule has 0 bridgehead atoms. The van der Waals surface area contributed by atoms with Crippen molar-refractivity contribution in [3.05, 3.63) is 0 Å². The third kappa shape index (κ3) is 0.941. The third-order valence-corrected chi connectivity index (χ3v) is 2.68. The fourth-order valence-electron chi connectivity index (χ4n) is 1.51. The molecule has 0 aromatic carbocycles. The maximum absolute atomic E-state index is 8.75. The lowest BCUT2D eigenvalue weighted by molar-refractivity contribution is 0.344. The van der Waals surface area contributed by atoms with E-state index in [4.69, 9.17) is 5.26 Å². The Bertz CT molecular complexity index is 145. The van der Waals surface area contributed by atoms with E-state index in [0.29, 0.717) is 5.92 Å². The molecule has 1 fully saturated rings. The molecule has 0 amide bonds. The fraction of sp³-hybridized carbons (Fsp3) is 0.875. The zero-order chi connectivity index (χ0) is 6.91. The van der Waals surface area contributed by atoms with Gasteiger partial charge in [-0.3, -0.25) is 0 Å². The summed E-state index contributed by atoms with van der Waals surface area (Å²) in [5.74, 6) is 0.613. The summed E-state index contributed by atoms with van der Waals surface area (Å²) in [7, 11) is 0. The highest BCUT2D eigenvalue weighted by Gasteiger charge is 2.35. The molecular formula is C8H13N. The SMILES string of the molecule is CC1CCCC1(C)C#N. The van der Waals surface area contributed by atoms with E-state index >= 15 is 0 Å². The van der Waals surface area contributed by atoms with E-state index in [9.17, 15) is 0 Å². The van der Waals surface area contributed by atoms with Gasteiger partial charge in [0.25, 0.3) is 0 Å². The maximum Gasteiger partial charge on any atom is 0.0689 e. The Balaban J connectivity index is 2.70. The Hall–Kier alpha value is -0.510. The lowest BCUT2D eigenvalue weighted by Crippen LogP contribution is -2.15. The third-order valence-electron chi connectivity index (χ3n) is 2.68. The minimum Gasteiger partial charge on any atom is -0.198 e. The summed E-state index contributed by atoms with van der Waals surface area (Å²) >= 11 is 0. The first-order chi connectivity index (χ1) is 4.19. The Morgan fingerprint density at radius 1 is 1.67 bits per heavy atom. The molecule has 1 nitrogen and oxygen atoms in total. The molecule has 1 saturated carbocycles. The Morgan fingerprint density at radius 3 is 2.56 bits per heavy atom. The largest absolute Gasteiger partial charge is 0.198 e. The normalized spacial score (nSPS) is 42.6. The topological polar surface area (TPSA) is 23.8 Å². The van der Waals surface area contributed by atoms with Crippen LogP contribution in [0.1, 0.15) is 33.1 Å². The average molecular weight is 123 g/mol. The summed E-state index contributed by atoms with van der Waals surface area (Å²) in [5, 5.41) is 8.75. The van der Waals surface area contributed by atoms with E-state index < -0.39 is 0 Å². The standard InChI is InChI=1S/C8H13N/c1-7-4-3-5-8(7,2)6-9/h7H,3-5H2,1-2H3. The number of hydrogen-bond acceptors (Lipinski definition) is 1. The lowest BCUT2D eigenvalue weighted by atomic mass is 9.83. The Labute approximate surface area is 56.7 Å². The van der Waals surface area contributed by atoms with Crippen LogP contribution >= 0.6 is 0 Å². The van der Waals surface area contributed by atoms with Crippen LogP contribution in [-0.2, 0) is 0 Å². The molecule has 0 spiro atoms. The van der Waals surface area contributed by atoms with Gasteiger partial charge in [-0.15, -0.1) is 0 Å². The minimum absolute atomic E-state index is 0. The van der Waals surface area contributed by atoms with Crippen molar-refractivity contribution in [1.82, 2.24) is 0 Å². The molecule has 9 heavy (non-hydrogen) atoms. The van der Waals surface area contributed by atoms with Gasteiger partial charge in [-0.2, -0.15) is 5.26 Å². The van der Waals surface area contributed by atoms with Crippen LogP contribution in [0, 0.1) is 22.7 Å². The van der Waals surface area contributed by atoms with E-state index in [1.807, 2.05) is 0 Å². The Morgan fingerprint density at radius 2 is 2.33 bits per heavy atom. The summed E-state index contributed by atoms with van der Waals surface area (Å²) in [6.45, 7) is 4.25. The van der Waals surface area contributed by atoms with Crippen molar-refractivity contribution in [2.24, 2.45) is 11.3 Å². The maximum atomic E-state index is 8.75. The first kappa shape index (κ1) is 6.61. The molecule has 0 N–H and O–H groups in total. The van der Waals surface area contributed by atoms with Gasteiger partial charge in [0.15, 0.2) is 0 Å². The highest BCUT2D eigenvalue weighted by atomic mass is 14.4. The van der Waals surface area contributed by atoms with Gasteiger partial charge in [-0.05, 0) is 25.7 Å². The molecule has 1 aliphatic rings. The Kier molecular flexibility index (Phi) is 1.48. The van der Waals surface area contributed by atoms with Crippen molar-refractivity contribution < 1.29 is 0 Å². The van der Waals surface area contributed by atoms with E-state index in [0.717, 1.165) is 6.42 Å². The zero-order valence-electron chi connectivity index (χ0n) is 6.15. The molecule has 2 atom stereocenters. The number of hydrogen-bond donors (Lipinski definition) is 0. The zero-order valence-corrected chi connectivity index (χ0v) is 6.15. The van der Waals surface area contributed by atoms with E-state index in [2.05, 4.69) is 19.9 Å². The molecule has 1 aliphatic carbocycles. The minimum atomic E-state index is 0. The van der Waals surface area contributed by atoms with Gasteiger partial charge in [0.2, 0.25) is 0 Å². The molecule has 50 valence electrons. The highest BCUT2D eigenvalue weighted by molar-refractivity contribution is 5.01. The van der Waals surface area contributed by atoms with Crippen LogP contribution in [0.15, 0.2) is 0 Å². The van der Waals surface area contributed by atoms with Crippen LogP contribution in [0.2, 0.25) is 0 Å². The van der Waals surface area contributed by atoms with Gasteiger partial charge in [-0.25, -0.2) is 0 Å². The van der Waals surface area contributed by atoms with Crippen molar-refractivity contribution in [3.63, 3.8) is 0 Å². The van der Waals surface area contributed by atoms with Gasteiger partial charge in [0, 0.05) is 0 Å². The predicted octanol–water partition coefficient (Wildman–Crippen LogP) is 2.34. The van der Waals surface area contributed by atoms with Crippen LogP contribution in [0.5, 0.6) is 0 Å². The molecule has 0 radical (unpaired) electrons. The quantitative estimate of drug-likeness (QED) is 0.485. The van der Waals surface area contributed by atoms with Crippen LogP contribution in [0.25, 0.3) is 0 Å². The van der Waals surface area contributed by atoms with Crippen LogP contribution < -0.4 is 0 Å². The molecule has 2 unspecified atom stereocenters. The summed E-state index contributed by atoms with van der Waals surface area (Å²) < 4.78 is 0. The summed E-state index contributed by atoms with van der Waals surface area (Å²) in [4.78, 5) is 0. The summed E-state index contributed by atoms with van der Waals surface area (Å²) in [6.07, 6.45) is 3.58. The summed E-state index contributed by atoms with van der Waals surface area (Å²) in [6, 6.07) is 2.39. The van der Waals surface area contributed by atoms with E-state index in [-0.39, 0.29) is 5.41 Å². The first-order valence-electron chi connectivity index (χ1n) is 3.60. The smallest absolute Gasteiger partial charge is 0.0689 e. The first-order valence-corrected chi connectivity index (χ1v) is 3.60. The van der Waals surface area contributed by atoms with Crippen LogP contribution in [-0.4, -0.2) is 0 Å². The van der Waals surface area contributed by atoms with E-state index in [1.165, 1.54) is 12.8 Å². The second-order valence-corrected chi connectivity index (χ2v) is 3.32. The molecule has 1 rings (SSSR count). The van der Waals surface area contributed by atoms with Crippen molar-refractivity contribution in [2.45, 2.75) is 33.1 Å². The monoisotopic (exact) mass is 123 g/mol. The predicted molar refractivity (Wildman–Crippen MR) is 36.7 cm³/mol. The van der Waals surface area contributed by atoms with Gasteiger partial charge >= 0.3 is 0 Å². The molecule has 0 aromatic rings. The van der Waals surface area contributed by atoms with Crippen molar-refractivity contribution in [3.8, 4) is 6.07 Å². The highest BCUT2D eigenvalue weighted by Crippen LogP contribution is 2.41. The molecule has 0 saturated heterocycles. The molecule has 0 aliphatic heterocycles. The number of nitrogens with zero attached hydrogens (tertiary/aromatic N) is 1. The van der Waals surface area contributed by atoms with Crippen LogP contribution in [0.4, 0.5) is 0 Å². The second-order valence-electron chi connectivity index (χ2n) is 3.32. The molecule has 1 heteroatoms. The van der Waals surface area contributed by atoms with Crippen molar-refractivity contribution in [2.75, 3.05) is 0 Å². The van der Waals surface area contributed by atoms with E-state index in [1.54, 1.807) is 0 Å². The van der Waals surface area contributed by atoms with Crippen LogP contribution in [0.3, 0.4) is 0 Å². The number of rotatable bonds is 0. The van der Waals surface area contributed by atoms with Gasteiger partial charge in [-0.1, -0.05) is 13.3 Å². The fourth-order valence-corrected chi connectivity index (χ4v) is 1.51.